The molecule has 2 heterocycles. The van der Waals surface area contributed by atoms with Crippen LogP contribution in [-0.4, -0.2) is 20.7 Å². The van der Waals surface area contributed by atoms with Gasteiger partial charge in [-0.15, -0.1) is 5.10 Å². The Morgan fingerprint density at radius 1 is 1.08 bits per heavy atom. The Kier molecular flexibility index (Phi) is 7.00. The summed E-state index contributed by atoms with van der Waals surface area (Å²) in [5.41, 5.74) is 2.80. The van der Waals surface area contributed by atoms with Gasteiger partial charge >= 0.3 is 0 Å². The van der Waals surface area contributed by atoms with Gasteiger partial charge in [0.05, 0.1) is 5.57 Å². The summed E-state index contributed by atoms with van der Waals surface area (Å²) in [6, 6.07) is 19.9. The first-order chi connectivity index (χ1) is 17.4. The minimum atomic E-state index is -0.817. The lowest BCUT2D eigenvalue weighted by molar-refractivity contribution is -0.113. The summed E-state index contributed by atoms with van der Waals surface area (Å²) in [5.74, 6) is 0.204. The Morgan fingerprint density at radius 3 is 2.61 bits per heavy atom. The van der Waals surface area contributed by atoms with Gasteiger partial charge < -0.3 is 10.6 Å². The van der Waals surface area contributed by atoms with Gasteiger partial charge in [-0.1, -0.05) is 65.3 Å². The van der Waals surface area contributed by atoms with E-state index in [-0.39, 0.29) is 5.91 Å². The zero-order valence-corrected chi connectivity index (χ0v) is 21.3. The normalized spacial score (nSPS) is 14.8. The molecule has 5 rings (SSSR count). The van der Waals surface area contributed by atoms with E-state index in [0.29, 0.717) is 49.4 Å². The highest BCUT2D eigenvalue weighted by Gasteiger charge is 2.35. The van der Waals surface area contributed by atoms with Crippen LogP contribution in [0.3, 0.4) is 0 Å². The number of aromatic nitrogens is 3. The second-order valence-electron chi connectivity index (χ2n) is 8.13. The first kappa shape index (κ1) is 24.4. The summed E-state index contributed by atoms with van der Waals surface area (Å²) in [7, 11) is 0. The second-order valence-corrected chi connectivity index (χ2v) is 9.95. The number of halogens is 3. The maximum atomic E-state index is 15.0. The van der Waals surface area contributed by atoms with Crippen LogP contribution in [-0.2, 0) is 10.5 Å². The summed E-state index contributed by atoms with van der Waals surface area (Å²) < 4.78 is 16.6. The molecule has 3 aromatic carbocycles. The van der Waals surface area contributed by atoms with Gasteiger partial charge in [-0.25, -0.2) is 9.07 Å². The van der Waals surface area contributed by atoms with E-state index < -0.39 is 11.9 Å². The topological polar surface area (TPSA) is 71.8 Å². The monoisotopic (exact) mass is 539 g/mol. The van der Waals surface area contributed by atoms with Crippen LogP contribution in [0.15, 0.2) is 89.2 Å². The molecule has 0 unspecified atom stereocenters. The molecule has 0 radical (unpaired) electrons. The molecule has 4 aromatic rings. The van der Waals surface area contributed by atoms with Crippen molar-refractivity contribution in [1.82, 2.24) is 14.8 Å². The summed E-state index contributed by atoms with van der Waals surface area (Å²) in [6.45, 7) is 1.77. The predicted molar refractivity (Wildman–Crippen MR) is 142 cm³/mol. The fourth-order valence-corrected chi connectivity index (χ4v) is 5.09. The van der Waals surface area contributed by atoms with Crippen molar-refractivity contribution in [3.05, 3.63) is 111 Å². The number of rotatable bonds is 6. The molecule has 0 bridgehead atoms. The Morgan fingerprint density at radius 2 is 1.86 bits per heavy atom. The number of fused-ring (bicyclic) bond motifs is 1. The molecular weight excluding hydrogens is 520 g/mol. The fourth-order valence-electron chi connectivity index (χ4n) is 3.98. The number of carbonyl (C=O) groups excluding carboxylic acids is 1. The first-order valence-corrected chi connectivity index (χ1v) is 12.8. The Bertz CT molecular complexity index is 1470. The molecule has 1 amide bonds. The van der Waals surface area contributed by atoms with Gasteiger partial charge in [0.15, 0.2) is 0 Å². The van der Waals surface area contributed by atoms with Crippen molar-refractivity contribution < 1.29 is 9.18 Å². The van der Waals surface area contributed by atoms with Crippen LogP contribution in [0.2, 0.25) is 10.0 Å². The van der Waals surface area contributed by atoms with Gasteiger partial charge in [0.1, 0.15) is 11.9 Å². The summed E-state index contributed by atoms with van der Waals surface area (Å²) in [6.07, 6.45) is 0. The number of nitrogens with one attached hydrogen (secondary N) is 2. The van der Waals surface area contributed by atoms with Gasteiger partial charge in [0.2, 0.25) is 11.1 Å². The molecule has 0 saturated heterocycles. The van der Waals surface area contributed by atoms with Crippen LogP contribution >= 0.6 is 35.0 Å². The van der Waals surface area contributed by atoms with Crippen molar-refractivity contribution in [2.24, 2.45) is 0 Å². The van der Waals surface area contributed by atoms with Crippen molar-refractivity contribution in [1.29, 1.82) is 0 Å². The van der Waals surface area contributed by atoms with Crippen LogP contribution in [0.1, 0.15) is 24.1 Å². The van der Waals surface area contributed by atoms with E-state index in [2.05, 4.69) is 20.7 Å². The Balaban J connectivity index is 1.49. The smallest absolute Gasteiger partial charge is 0.255 e. The van der Waals surface area contributed by atoms with Gasteiger partial charge in [-0.3, -0.25) is 4.79 Å². The van der Waals surface area contributed by atoms with Crippen molar-refractivity contribution in [3.8, 4) is 0 Å². The third kappa shape index (κ3) is 5.11. The molecule has 36 heavy (non-hydrogen) atoms. The van der Waals surface area contributed by atoms with Crippen LogP contribution < -0.4 is 10.6 Å². The molecule has 6 nitrogen and oxygen atoms in total. The molecule has 2 N–H and O–H groups in total. The van der Waals surface area contributed by atoms with E-state index >= 15 is 4.39 Å². The maximum Gasteiger partial charge on any atom is 0.255 e. The second kappa shape index (κ2) is 10.3. The molecule has 182 valence electrons. The Labute approximate surface area is 221 Å². The highest BCUT2D eigenvalue weighted by molar-refractivity contribution is 7.98. The Hall–Kier alpha value is -3.33. The molecule has 0 spiro atoms. The molecule has 0 saturated carbocycles. The standard InChI is InChI=1S/C26H20Cl2FN5OS/c1-15-22(24(35)31-19-11-9-17(27)10-12-19)23(20-7-2-3-8-21(20)29)34-25(30-15)32-26(33-34)36-14-16-5-4-6-18(28)13-16/h2-13,23H,14H2,1H3,(H,31,35)(H,30,32,33)/t23-/m1/s1. The SMILES string of the molecule is CC1=C(C(=O)Nc2ccc(Cl)cc2)[C@@H](c2ccccc2F)n2nc(SCc3cccc(Cl)c3)nc2N1. The molecule has 10 heteroatoms. The number of nitrogens with zero attached hydrogens (tertiary/aromatic N) is 3. The lowest BCUT2D eigenvalue weighted by Crippen LogP contribution is -2.32. The minimum Gasteiger partial charge on any atom is -0.328 e. The van der Waals surface area contributed by atoms with Crippen molar-refractivity contribution in [2.75, 3.05) is 10.6 Å². The highest BCUT2D eigenvalue weighted by Crippen LogP contribution is 2.38. The number of hydrogen-bond acceptors (Lipinski definition) is 5. The average molecular weight is 540 g/mol. The lowest BCUT2D eigenvalue weighted by atomic mass is 9.94. The molecular formula is C26H20Cl2FN5OS. The fraction of sp³-hybridized carbons (Fsp3) is 0.115. The highest BCUT2D eigenvalue weighted by atomic mass is 35.5. The number of amides is 1. The number of thioether (sulfide) groups is 1. The van der Waals surface area contributed by atoms with Crippen molar-refractivity contribution in [2.45, 2.75) is 23.9 Å². The van der Waals surface area contributed by atoms with Crippen LogP contribution in [0.5, 0.6) is 0 Å². The quantitative estimate of drug-likeness (QED) is 0.259. The summed E-state index contributed by atoms with van der Waals surface area (Å²) >= 11 is 13.5. The van der Waals surface area contributed by atoms with E-state index in [4.69, 9.17) is 23.2 Å². The van der Waals surface area contributed by atoms with Crippen LogP contribution in [0, 0.1) is 5.82 Å². The number of anilines is 2. The third-order valence-electron chi connectivity index (χ3n) is 5.64. The van der Waals surface area contributed by atoms with Gasteiger partial charge in [-0.05, 0) is 55.0 Å². The lowest BCUT2D eigenvalue weighted by Gasteiger charge is -2.28. The number of benzene rings is 3. The van der Waals surface area contributed by atoms with E-state index in [9.17, 15) is 4.79 Å². The van der Waals surface area contributed by atoms with Crippen molar-refractivity contribution in [3.63, 3.8) is 0 Å². The van der Waals surface area contributed by atoms with E-state index in [1.807, 2.05) is 24.3 Å². The largest absolute Gasteiger partial charge is 0.328 e. The van der Waals surface area contributed by atoms with Gasteiger partial charge in [-0.2, -0.15) is 4.98 Å². The van der Waals surface area contributed by atoms with E-state index in [0.717, 1.165) is 5.56 Å². The van der Waals surface area contributed by atoms with E-state index in [1.165, 1.54) is 17.8 Å². The van der Waals surface area contributed by atoms with Crippen molar-refractivity contribution >= 4 is 52.5 Å². The number of carbonyl (C=O) groups is 1. The number of hydrogen-bond donors (Lipinski definition) is 2. The summed E-state index contributed by atoms with van der Waals surface area (Å²) in [4.78, 5) is 18.1. The molecule has 0 aliphatic carbocycles. The average Bonchev–Trinajstić information content (AvgIpc) is 3.26. The predicted octanol–water partition coefficient (Wildman–Crippen LogP) is 6.94. The zero-order chi connectivity index (χ0) is 25.2. The zero-order valence-electron chi connectivity index (χ0n) is 19.0. The number of allylic oxidation sites excluding steroid dienone is 1. The summed E-state index contributed by atoms with van der Waals surface area (Å²) in [5, 5.41) is 12.4. The molecule has 1 atom stereocenters. The molecule has 0 fully saturated rings. The van der Waals surface area contributed by atoms with E-state index in [1.54, 1.807) is 54.1 Å². The third-order valence-corrected chi connectivity index (χ3v) is 7.03. The van der Waals surface area contributed by atoms with Gasteiger partial charge in [0, 0.05) is 32.7 Å². The maximum absolute atomic E-state index is 15.0. The van der Waals surface area contributed by atoms with Crippen LogP contribution in [0.4, 0.5) is 16.0 Å². The van der Waals surface area contributed by atoms with Gasteiger partial charge in [0.25, 0.3) is 5.91 Å². The molecule has 1 aliphatic rings. The molecule has 1 aliphatic heterocycles. The van der Waals surface area contributed by atoms with Crippen LogP contribution in [0.25, 0.3) is 0 Å². The molecule has 1 aromatic heterocycles. The minimum absolute atomic E-state index is 0.317. The first-order valence-electron chi connectivity index (χ1n) is 11.0.